The van der Waals surface area contributed by atoms with Crippen molar-refractivity contribution in [2.75, 3.05) is 13.7 Å². The standard InChI is InChI=1S/C10H10ClNO/c1-12-9-4-5-13-10-3-2-7(11)6-8(9)10/h2-3,6H,4-5H2,1H3. The lowest BCUT2D eigenvalue weighted by atomic mass is 10.0. The minimum Gasteiger partial charge on any atom is -0.492 e. The van der Waals surface area contributed by atoms with Crippen molar-refractivity contribution in [2.45, 2.75) is 6.42 Å². The van der Waals surface area contributed by atoms with Gasteiger partial charge in [0, 0.05) is 29.8 Å². The molecule has 0 saturated carbocycles. The maximum absolute atomic E-state index is 5.89. The maximum atomic E-state index is 5.89. The molecule has 0 saturated heterocycles. The fourth-order valence-electron chi connectivity index (χ4n) is 1.48. The first-order valence-corrected chi connectivity index (χ1v) is 4.57. The van der Waals surface area contributed by atoms with Crippen molar-refractivity contribution in [3.05, 3.63) is 28.8 Å². The third kappa shape index (κ3) is 1.54. The Bertz CT molecular complexity index is 360. The number of hydrogen-bond donors (Lipinski definition) is 0. The van der Waals surface area contributed by atoms with Crippen molar-refractivity contribution in [2.24, 2.45) is 4.99 Å². The van der Waals surface area contributed by atoms with Crippen LogP contribution in [0.2, 0.25) is 5.02 Å². The smallest absolute Gasteiger partial charge is 0.128 e. The molecule has 0 aromatic heterocycles. The van der Waals surface area contributed by atoms with Crippen molar-refractivity contribution >= 4 is 17.3 Å². The fraction of sp³-hybridized carbons (Fsp3) is 0.300. The highest BCUT2D eigenvalue weighted by molar-refractivity contribution is 6.31. The number of rotatable bonds is 0. The van der Waals surface area contributed by atoms with Crippen LogP contribution >= 0.6 is 11.6 Å². The monoisotopic (exact) mass is 195 g/mol. The summed E-state index contributed by atoms with van der Waals surface area (Å²) >= 11 is 5.89. The van der Waals surface area contributed by atoms with E-state index in [4.69, 9.17) is 16.3 Å². The first-order chi connectivity index (χ1) is 6.31. The largest absolute Gasteiger partial charge is 0.492 e. The van der Waals surface area contributed by atoms with Crippen LogP contribution in [-0.4, -0.2) is 19.4 Å². The third-order valence-electron chi connectivity index (χ3n) is 2.12. The van der Waals surface area contributed by atoms with Crippen LogP contribution in [0.3, 0.4) is 0 Å². The van der Waals surface area contributed by atoms with Crippen LogP contribution in [-0.2, 0) is 0 Å². The van der Waals surface area contributed by atoms with Gasteiger partial charge in [0.15, 0.2) is 0 Å². The molecule has 0 atom stereocenters. The van der Waals surface area contributed by atoms with Gasteiger partial charge in [-0.15, -0.1) is 0 Å². The number of aliphatic imine (C=N–C) groups is 1. The SMILES string of the molecule is CN=C1CCOc2ccc(Cl)cc21. The van der Waals surface area contributed by atoms with E-state index in [0.29, 0.717) is 6.61 Å². The van der Waals surface area contributed by atoms with Gasteiger partial charge in [0.2, 0.25) is 0 Å². The summed E-state index contributed by atoms with van der Waals surface area (Å²) in [5.41, 5.74) is 2.10. The Kier molecular flexibility index (Phi) is 2.23. The second kappa shape index (κ2) is 3.38. The summed E-state index contributed by atoms with van der Waals surface area (Å²) in [4.78, 5) is 4.21. The maximum Gasteiger partial charge on any atom is 0.128 e. The highest BCUT2D eigenvalue weighted by Gasteiger charge is 2.15. The molecule has 68 valence electrons. The van der Waals surface area contributed by atoms with Crippen LogP contribution < -0.4 is 4.74 Å². The van der Waals surface area contributed by atoms with E-state index >= 15 is 0 Å². The Hall–Kier alpha value is -1.02. The molecule has 0 radical (unpaired) electrons. The zero-order chi connectivity index (χ0) is 9.26. The number of benzene rings is 1. The first kappa shape index (κ1) is 8.57. The molecular weight excluding hydrogens is 186 g/mol. The summed E-state index contributed by atoms with van der Waals surface area (Å²) in [6.45, 7) is 0.710. The van der Waals surface area contributed by atoms with Crippen LogP contribution in [0.25, 0.3) is 0 Å². The van der Waals surface area contributed by atoms with E-state index in [2.05, 4.69) is 4.99 Å². The van der Waals surface area contributed by atoms with Gasteiger partial charge in [-0.25, -0.2) is 0 Å². The van der Waals surface area contributed by atoms with Gasteiger partial charge >= 0.3 is 0 Å². The molecule has 1 aliphatic heterocycles. The van der Waals surface area contributed by atoms with Crippen LogP contribution in [0.1, 0.15) is 12.0 Å². The molecule has 2 nitrogen and oxygen atoms in total. The van der Waals surface area contributed by atoms with Crippen LogP contribution in [0, 0.1) is 0 Å². The number of hydrogen-bond acceptors (Lipinski definition) is 2. The summed E-state index contributed by atoms with van der Waals surface area (Å²) in [7, 11) is 1.80. The molecule has 1 aromatic carbocycles. The van der Waals surface area contributed by atoms with E-state index in [0.717, 1.165) is 28.5 Å². The summed E-state index contributed by atoms with van der Waals surface area (Å²) < 4.78 is 5.47. The highest BCUT2D eigenvalue weighted by atomic mass is 35.5. The molecule has 1 aliphatic rings. The molecule has 0 bridgehead atoms. The van der Waals surface area contributed by atoms with Crippen LogP contribution in [0.15, 0.2) is 23.2 Å². The van der Waals surface area contributed by atoms with Gasteiger partial charge in [-0.05, 0) is 18.2 Å². The fourth-order valence-corrected chi connectivity index (χ4v) is 1.65. The number of fused-ring (bicyclic) bond motifs is 1. The van der Waals surface area contributed by atoms with E-state index < -0.39 is 0 Å². The molecule has 0 unspecified atom stereocenters. The number of nitrogens with zero attached hydrogens (tertiary/aromatic N) is 1. The van der Waals surface area contributed by atoms with Crippen molar-refractivity contribution in [1.29, 1.82) is 0 Å². The lowest BCUT2D eigenvalue weighted by Crippen LogP contribution is -2.15. The van der Waals surface area contributed by atoms with Crippen molar-refractivity contribution in [3.63, 3.8) is 0 Å². The molecule has 13 heavy (non-hydrogen) atoms. The molecular formula is C10H10ClNO. The van der Waals surface area contributed by atoms with Gasteiger partial charge < -0.3 is 4.74 Å². The van der Waals surface area contributed by atoms with Gasteiger partial charge in [0.25, 0.3) is 0 Å². The Morgan fingerprint density at radius 3 is 3.08 bits per heavy atom. The molecule has 3 heteroatoms. The number of ether oxygens (including phenoxy) is 1. The molecule has 0 N–H and O–H groups in total. The van der Waals surface area contributed by atoms with Crippen LogP contribution in [0.4, 0.5) is 0 Å². The summed E-state index contributed by atoms with van der Waals surface area (Å²) in [6, 6.07) is 5.62. The summed E-state index contributed by atoms with van der Waals surface area (Å²) in [5, 5.41) is 0.727. The number of halogens is 1. The Balaban J connectivity index is 2.54. The van der Waals surface area contributed by atoms with Crippen molar-refractivity contribution < 1.29 is 4.74 Å². The Morgan fingerprint density at radius 1 is 1.46 bits per heavy atom. The van der Waals surface area contributed by atoms with Gasteiger partial charge in [0.05, 0.1) is 6.61 Å². The molecule has 0 spiro atoms. The zero-order valence-corrected chi connectivity index (χ0v) is 8.14. The second-order valence-electron chi connectivity index (χ2n) is 2.91. The molecule has 0 fully saturated rings. The van der Waals surface area contributed by atoms with E-state index in [1.54, 1.807) is 7.05 Å². The quantitative estimate of drug-likeness (QED) is 0.624. The molecule has 0 aliphatic carbocycles. The average Bonchev–Trinajstić information content (AvgIpc) is 2.17. The molecule has 1 aromatic rings. The van der Waals surface area contributed by atoms with E-state index in [9.17, 15) is 0 Å². The Morgan fingerprint density at radius 2 is 2.31 bits per heavy atom. The van der Waals surface area contributed by atoms with Crippen molar-refractivity contribution in [3.8, 4) is 5.75 Å². The Labute approximate surface area is 82.2 Å². The molecule has 0 amide bonds. The lowest BCUT2D eigenvalue weighted by Gasteiger charge is -2.18. The highest BCUT2D eigenvalue weighted by Crippen LogP contribution is 2.27. The normalized spacial score (nSPS) is 18.2. The average molecular weight is 196 g/mol. The lowest BCUT2D eigenvalue weighted by molar-refractivity contribution is 0.320. The van der Waals surface area contributed by atoms with E-state index in [-0.39, 0.29) is 0 Å². The van der Waals surface area contributed by atoms with Crippen molar-refractivity contribution in [1.82, 2.24) is 0 Å². The van der Waals surface area contributed by atoms with E-state index in [1.807, 2.05) is 18.2 Å². The summed E-state index contributed by atoms with van der Waals surface area (Å²) in [6.07, 6.45) is 0.865. The van der Waals surface area contributed by atoms with Gasteiger partial charge in [-0.1, -0.05) is 11.6 Å². The minimum atomic E-state index is 0.710. The summed E-state index contributed by atoms with van der Waals surface area (Å²) in [5.74, 6) is 0.885. The van der Waals surface area contributed by atoms with E-state index in [1.165, 1.54) is 0 Å². The minimum absolute atomic E-state index is 0.710. The third-order valence-corrected chi connectivity index (χ3v) is 2.35. The van der Waals surface area contributed by atoms with Crippen LogP contribution in [0.5, 0.6) is 5.75 Å². The zero-order valence-electron chi connectivity index (χ0n) is 7.38. The predicted molar refractivity (Wildman–Crippen MR) is 54.0 cm³/mol. The van der Waals surface area contributed by atoms with Gasteiger partial charge in [-0.2, -0.15) is 0 Å². The molecule has 2 rings (SSSR count). The first-order valence-electron chi connectivity index (χ1n) is 4.19. The van der Waals surface area contributed by atoms with Gasteiger partial charge in [-0.3, -0.25) is 4.99 Å². The predicted octanol–water partition coefficient (Wildman–Crippen LogP) is 2.54. The second-order valence-corrected chi connectivity index (χ2v) is 3.35. The molecule has 1 heterocycles. The topological polar surface area (TPSA) is 21.6 Å². The van der Waals surface area contributed by atoms with Gasteiger partial charge in [0.1, 0.15) is 5.75 Å².